The summed E-state index contributed by atoms with van der Waals surface area (Å²) in [5.41, 5.74) is 8.70. The Labute approximate surface area is 114 Å². The Balaban J connectivity index is 2.44. The second kappa shape index (κ2) is 4.80. The standard InChI is InChI=1S/C12H13BrClN3/c1-7(15)10-4-3-9(5-11(10)13)17-6-12(14)8(2)16-17/h3-7H,15H2,1-2H3/t7-/m1/s1. The van der Waals surface area contributed by atoms with Gasteiger partial charge in [-0.25, -0.2) is 4.68 Å². The topological polar surface area (TPSA) is 43.8 Å². The summed E-state index contributed by atoms with van der Waals surface area (Å²) in [4.78, 5) is 0. The molecule has 0 saturated carbocycles. The Kier molecular flexibility index (Phi) is 3.56. The average molecular weight is 315 g/mol. The van der Waals surface area contributed by atoms with Gasteiger partial charge >= 0.3 is 0 Å². The zero-order valence-electron chi connectivity index (χ0n) is 9.61. The first kappa shape index (κ1) is 12.6. The highest BCUT2D eigenvalue weighted by molar-refractivity contribution is 9.10. The van der Waals surface area contributed by atoms with Crippen LogP contribution in [0.3, 0.4) is 0 Å². The van der Waals surface area contributed by atoms with Crippen molar-refractivity contribution in [2.24, 2.45) is 5.73 Å². The molecule has 0 fully saturated rings. The van der Waals surface area contributed by atoms with Gasteiger partial charge in [-0.1, -0.05) is 33.6 Å². The summed E-state index contributed by atoms with van der Waals surface area (Å²) in [6.45, 7) is 3.83. The minimum atomic E-state index is 0.00127. The van der Waals surface area contributed by atoms with Gasteiger partial charge in [-0.3, -0.25) is 0 Å². The van der Waals surface area contributed by atoms with E-state index in [1.807, 2.05) is 32.0 Å². The van der Waals surface area contributed by atoms with Crippen LogP contribution >= 0.6 is 27.5 Å². The summed E-state index contributed by atoms with van der Waals surface area (Å²) < 4.78 is 2.74. The van der Waals surface area contributed by atoms with Crippen LogP contribution in [0, 0.1) is 6.92 Å². The van der Waals surface area contributed by atoms with Gasteiger partial charge in [0.25, 0.3) is 0 Å². The molecule has 0 unspecified atom stereocenters. The molecule has 0 aliphatic heterocycles. The van der Waals surface area contributed by atoms with E-state index < -0.39 is 0 Å². The van der Waals surface area contributed by atoms with Crippen LogP contribution in [0.1, 0.15) is 24.2 Å². The molecule has 1 heterocycles. The summed E-state index contributed by atoms with van der Waals surface area (Å²) >= 11 is 9.50. The normalized spacial score (nSPS) is 12.8. The number of rotatable bonds is 2. The first-order chi connectivity index (χ1) is 7.99. The molecule has 5 heteroatoms. The van der Waals surface area contributed by atoms with Gasteiger partial charge in [0.2, 0.25) is 0 Å². The fraction of sp³-hybridized carbons (Fsp3) is 0.250. The van der Waals surface area contributed by atoms with Crippen LogP contribution in [0.25, 0.3) is 5.69 Å². The van der Waals surface area contributed by atoms with E-state index in [-0.39, 0.29) is 6.04 Å². The smallest absolute Gasteiger partial charge is 0.0819 e. The van der Waals surface area contributed by atoms with Gasteiger partial charge in [0.1, 0.15) is 0 Å². The van der Waals surface area contributed by atoms with Crippen LogP contribution in [-0.4, -0.2) is 9.78 Å². The Hall–Kier alpha value is -0.840. The predicted octanol–water partition coefficient (Wildman–Crippen LogP) is 3.62. The Bertz CT molecular complexity index is 529. The minimum absolute atomic E-state index is 0.00127. The fourth-order valence-electron chi connectivity index (χ4n) is 1.60. The molecule has 1 atom stereocenters. The van der Waals surface area contributed by atoms with Crippen LogP contribution in [0.2, 0.25) is 5.02 Å². The third kappa shape index (κ3) is 2.54. The summed E-state index contributed by atoms with van der Waals surface area (Å²) in [6, 6.07) is 5.96. The van der Waals surface area contributed by atoms with Crippen LogP contribution in [0.15, 0.2) is 28.9 Å². The lowest BCUT2D eigenvalue weighted by Crippen LogP contribution is -2.06. The van der Waals surface area contributed by atoms with E-state index in [1.54, 1.807) is 10.9 Å². The highest BCUT2D eigenvalue weighted by Gasteiger charge is 2.08. The van der Waals surface area contributed by atoms with Crippen molar-refractivity contribution in [3.8, 4) is 5.69 Å². The zero-order chi connectivity index (χ0) is 12.6. The number of hydrogen-bond donors (Lipinski definition) is 1. The molecule has 0 amide bonds. The molecule has 0 spiro atoms. The average Bonchev–Trinajstić information content (AvgIpc) is 2.58. The summed E-state index contributed by atoms with van der Waals surface area (Å²) in [6.07, 6.45) is 1.80. The molecular formula is C12H13BrClN3. The van der Waals surface area contributed by atoms with Crippen molar-refractivity contribution in [3.05, 3.63) is 45.1 Å². The van der Waals surface area contributed by atoms with Gasteiger partial charge in [0.15, 0.2) is 0 Å². The molecule has 0 aliphatic rings. The van der Waals surface area contributed by atoms with Crippen molar-refractivity contribution < 1.29 is 0 Å². The van der Waals surface area contributed by atoms with E-state index in [1.165, 1.54) is 0 Å². The predicted molar refractivity (Wildman–Crippen MR) is 73.6 cm³/mol. The van der Waals surface area contributed by atoms with Gasteiger partial charge in [0, 0.05) is 16.7 Å². The van der Waals surface area contributed by atoms with Crippen LogP contribution in [0.5, 0.6) is 0 Å². The van der Waals surface area contributed by atoms with E-state index in [4.69, 9.17) is 17.3 Å². The number of aryl methyl sites for hydroxylation is 1. The number of hydrogen-bond acceptors (Lipinski definition) is 2. The highest BCUT2D eigenvalue weighted by atomic mass is 79.9. The number of halogens is 2. The van der Waals surface area contributed by atoms with Crippen molar-refractivity contribution in [3.63, 3.8) is 0 Å². The van der Waals surface area contributed by atoms with Gasteiger partial charge < -0.3 is 5.73 Å². The number of aromatic nitrogens is 2. The summed E-state index contributed by atoms with van der Waals surface area (Å²) in [5, 5.41) is 4.99. The molecule has 90 valence electrons. The van der Waals surface area contributed by atoms with Crippen molar-refractivity contribution in [2.45, 2.75) is 19.9 Å². The molecule has 0 aliphatic carbocycles. The highest BCUT2D eigenvalue weighted by Crippen LogP contribution is 2.25. The molecule has 1 aromatic heterocycles. The molecule has 2 rings (SSSR count). The largest absolute Gasteiger partial charge is 0.324 e. The van der Waals surface area contributed by atoms with Crippen molar-refractivity contribution in [1.29, 1.82) is 0 Å². The molecule has 2 aromatic rings. The maximum absolute atomic E-state index is 5.99. The van der Waals surface area contributed by atoms with Crippen molar-refractivity contribution >= 4 is 27.5 Å². The van der Waals surface area contributed by atoms with E-state index in [0.717, 1.165) is 21.4 Å². The molecule has 1 aromatic carbocycles. The van der Waals surface area contributed by atoms with Gasteiger partial charge in [-0.15, -0.1) is 0 Å². The second-order valence-corrected chi connectivity index (χ2v) is 5.26. The Morgan fingerprint density at radius 3 is 2.65 bits per heavy atom. The van der Waals surface area contributed by atoms with E-state index in [2.05, 4.69) is 21.0 Å². The van der Waals surface area contributed by atoms with Crippen molar-refractivity contribution in [1.82, 2.24) is 9.78 Å². The monoisotopic (exact) mass is 313 g/mol. The number of nitrogens with two attached hydrogens (primary N) is 1. The van der Waals surface area contributed by atoms with E-state index >= 15 is 0 Å². The van der Waals surface area contributed by atoms with Gasteiger partial charge in [-0.2, -0.15) is 5.10 Å². The summed E-state index contributed by atoms with van der Waals surface area (Å²) in [5.74, 6) is 0. The number of benzene rings is 1. The Morgan fingerprint density at radius 1 is 1.47 bits per heavy atom. The maximum Gasteiger partial charge on any atom is 0.0819 e. The van der Waals surface area contributed by atoms with Crippen molar-refractivity contribution in [2.75, 3.05) is 0 Å². The van der Waals surface area contributed by atoms with Crippen LogP contribution < -0.4 is 5.73 Å². The SMILES string of the molecule is Cc1nn(-c2ccc([C@@H](C)N)c(Br)c2)cc1Cl. The molecular weight excluding hydrogens is 302 g/mol. The third-order valence-electron chi connectivity index (χ3n) is 2.58. The van der Waals surface area contributed by atoms with Gasteiger partial charge in [0.05, 0.1) is 16.4 Å². The molecule has 0 bridgehead atoms. The lowest BCUT2D eigenvalue weighted by molar-refractivity contribution is 0.807. The van der Waals surface area contributed by atoms with E-state index in [9.17, 15) is 0 Å². The molecule has 17 heavy (non-hydrogen) atoms. The lowest BCUT2D eigenvalue weighted by atomic mass is 10.1. The Morgan fingerprint density at radius 2 is 2.18 bits per heavy atom. The summed E-state index contributed by atoms with van der Waals surface area (Å²) in [7, 11) is 0. The number of nitrogens with zero attached hydrogens (tertiary/aromatic N) is 2. The van der Waals surface area contributed by atoms with Crippen LogP contribution in [-0.2, 0) is 0 Å². The third-order valence-corrected chi connectivity index (χ3v) is 3.64. The fourth-order valence-corrected chi connectivity index (χ4v) is 2.46. The minimum Gasteiger partial charge on any atom is -0.324 e. The maximum atomic E-state index is 5.99. The zero-order valence-corrected chi connectivity index (χ0v) is 12.0. The first-order valence-corrected chi connectivity index (χ1v) is 6.43. The second-order valence-electron chi connectivity index (χ2n) is 4.00. The first-order valence-electron chi connectivity index (χ1n) is 5.26. The molecule has 2 N–H and O–H groups in total. The van der Waals surface area contributed by atoms with Crippen LogP contribution in [0.4, 0.5) is 0 Å². The quantitative estimate of drug-likeness (QED) is 0.920. The molecule has 3 nitrogen and oxygen atoms in total. The van der Waals surface area contributed by atoms with E-state index in [0.29, 0.717) is 5.02 Å². The lowest BCUT2D eigenvalue weighted by Gasteiger charge is -2.10. The molecule has 0 saturated heterocycles. The molecule has 0 radical (unpaired) electrons. The van der Waals surface area contributed by atoms with Gasteiger partial charge in [-0.05, 0) is 31.5 Å².